The summed E-state index contributed by atoms with van der Waals surface area (Å²) in [6.45, 7) is 4.28. The minimum Gasteiger partial charge on any atom is -0.497 e. The number of hydrogen-bond acceptors (Lipinski definition) is 3. The average molecular weight is 286 g/mol. The van der Waals surface area contributed by atoms with Gasteiger partial charge in [0.15, 0.2) is 5.96 Å². The van der Waals surface area contributed by atoms with E-state index in [9.17, 15) is 0 Å². The molecule has 0 amide bonds. The van der Waals surface area contributed by atoms with Crippen LogP contribution in [-0.2, 0) is 0 Å². The molecule has 0 radical (unpaired) electrons. The summed E-state index contributed by atoms with van der Waals surface area (Å²) in [5.41, 5.74) is 1.22. The maximum Gasteiger partial charge on any atom is 0.194 e. The van der Waals surface area contributed by atoms with Crippen LogP contribution in [0, 0.1) is 12.3 Å². The minimum atomic E-state index is 0.505. The van der Waals surface area contributed by atoms with E-state index in [1.807, 2.05) is 12.1 Å². The maximum atomic E-state index is 5.28. The zero-order valence-electron chi connectivity index (χ0n) is 12.7. The molecule has 0 unspecified atom stereocenters. The van der Waals surface area contributed by atoms with Gasteiger partial charge in [0.1, 0.15) is 5.75 Å². The summed E-state index contributed by atoms with van der Waals surface area (Å²) in [5, 5.41) is 3.16. The Balaban J connectivity index is 1.91. The van der Waals surface area contributed by atoms with Crippen molar-refractivity contribution in [2.45, 2.75) is 0 Å². The quantitative estimate of drug-likeness (QED) is 0.512. The van der Waals surface area contributed by atoms with E-state index in [0.717, 1.165) is 37.9 Å². The van der Waals surface area contributed by atoms with Gasteiger partial charge < -0.3 is 19.9 Å². The van der Waals surface area contributed by atoms with Crippen molar-refractivity contribution in [2.75, 3.05) is 51.8 Å². The Morgan fingerprint density at radius 2 is 1.95 bits per heavy atom. The van der Waals surface area contributed by atoms with Gasteiger partial charge in [-0.3, -0.25) is 4.99 Å². The summed E-state index contributed by atoms with van der Waals surface area (Å²) in [5.74, 6) is 4.34. The maximum absolute atomic E-state index is 5.28. The third kappa shape index (κ3) is 3.82. The number of nitrogens with zero attached hydrogens (tertiary/aromatic N) is 3. The molecule has 112 valence electrons. The Morgan fingerprint density at radius 3 is 2.48 bits per heavy atom. The number of benzene rings is 1. The predicted molar refractivity (Wildman–Crippen MR) is 87.0 cm³/mol. The lowest BCUT2D eigenvalue weighted by Gasteiger charge is -2.37. The molecule has 0 aliphatic carbocycles. The van der Waals surface area contributed by atoms with Crippen molar-refractivity contribution in [3.8, 4) is 18.1 Å². The molecule has 0 atom stereocenters. The molecule has 1 aromatic rings. The Kier molecular flexibility index (Phi) is 5.33. The van der Waals surface area contributed by atoms with Gasteiger partial charge in [-0.25, -0.2) is 0 Å². The number of piperazine rings is 1. The summed E-state index contributed by atoms with van der Waals surface area (Å²) in [6, 6.07) is 8.18. The molecule has 0 spiro atoms. The van der Waals surface area contributed by atoms with Crippen molar-refractivity contribution in [3.63, 3.8) is 0 Å². The normalized spacial score (nSPS) is 15.6. The summed E-state index contributed by atoms with van der Waals surface area (Å²) in [7, 11) is 3.47. The highest BCUT2D eigenvalue weighted by molar-refractivity contribution is 5.80. The van der Waals surface area contributed by atoms with E-state index >= 15 is 0 Å². The van der Waals surface area contributed by atoms with Crippen molar-refractivity contribution >= 4 is 11.6 Å². The van der Waals surface area contributed by atoms with Crippen LogP contribution in [0.15, 0.2) is 29.3 Å². The van der Waals surface area contributed by atoms with Crippen LogP contribution in [0.4, 0.5) is 5.69 Å². The minimum absolute atomic E-state index is 0.505. The van der Waals surface area contributed by atoms with Gasteiger partial charge in [-0.2, -0.15) is 0 Å². The summed E-state index contributed by atoms with van der Waals surface area (Å²) < 4.78 is 5.19. The Morgan fingerprint density at radius 1 is 1.29 bits per heavy atom. The van der Waals surface area contributed by atoms with Crippen LogP contribution in [-0.4, -0.2) is 57.7 Å². The first kappa shape index (κ1) is 15.0. The first-order valence-corrected chi connectivity index (χ1v) is 7.06. The van der Waals surface area contributed by atoms with E-state index in [4.69, 9.17) is 11.2 Å². The van der Waals surface area contributed by atoms with Gasteiger partial charge in [0.25, 0.3) is 0 Å². The molecular formula is C16H22N4O. The smallest absolute Gasteiger partial charge is 0.194 e. The monoisotopic (exact) mass is 286 g/mol. The van der Waals surface area contributed by atoms with Crippen molar-refractivity contribution in [1.29, 1.82) is 0 Å². The zero-order valence-corrected chi connectivity index (χ0v) is 12.7. The first-order chi connectivity index (χ1) is 10.3. The molecule has 1 N–H and O–H groups in total. The second-order valence-electron chi connectivity index (χ2n) is 4.78. The zero-order chi connectivity index (χ0) is 15.1. The molecule has 1 aliphatic rings. The van der Waals surface area contributed by atoms with Gasteiger partial charge in [-0.05, 0) is 24.3 Å². The average Bonchev–Trinajstić information content (AvgIpc) is 2.56. The number of terminal acetylenes is 1. The van der Waals surface area contributed by atoms with Gasteiger partial charge in [0.05, 0.1) is 13.7 Å². The van der Waals surface area contributed by atoms with Crippen LogP contribution in [0.3, 0.4) is 0 Å². The largest absolute Gasteiger partial charge is 0.497 e. The highest BCUT2D eigenvalue weighted by atomic mass is 16.5. The lowest BCUT2D eigenvalue weighted by Crippen LogP contribution is -2.52. The topological polar surface area (TPSA) is 40.1 Å². The number of ether oxygens (including phenoxy) is 1. The van der Waals surface area contributed by atoms with Gasteiger partial charge in [0, 0.05) is 38.9 Å². The third-order valence-electron chi connectivity index (χ3n) is 3.58. The fraction of sp³-hybridized carbons (Fsp3) is 0.438. The van der Waals surface area contributed by atoms with E-state index in [-0.39, 0.29) is 0 Å². The summed E-state index contributed by atoms with van der Waals surface area (Å²) in [6.07, 6.45) is 5.28. The van der Waals surface area contributed by atoms with Crippen molar-refractivity contribution in [1.82, 2.24) is 10.2 Å². The molecule has 1 aromatic carbocycles. The summed E-state index contributed by atoms with van der Waals surface area (Å²) in [4.78, 5) is 8.87. The van der Waals surface area contributed by atoms with Crippen LogP contribution in [0.1, 0.15) is 0 Å². The number of guanidine groups is 1. The van der Waals surface area contributed by atoms with Crippen LogP contribution in [0.2, 0.25) is 0 Å². The number of nitrogens with one attached hydrogen (secondary N) is 1. The van der Waals surface area contributed by atoms with E-state index in [2.05, 4.69) is 38.2 Å². The molecule has 1 heterocycles. The molecule has 1 saturated heterocycles. The van der Waals surface area contributed by atoms with Gasteiger partial charge in [-0.1, -0.05) is 5.92 Å². The van der Waals surface area contributed by atoms with E-state index in [1.54, 1.807) is 14.2 Å². The SMILES string of the molecule is C#CCNC(=NC)N1CCN(c2ccc(OC)cc2)CC1. The lowest BCUT2D eigenvalue weighted by molar-refractivity contribution is 0.374. The van der Waals surface area contributed by atoms with Crippen molar-refractivity contribution < 1.29 is 4.74 Å². The number of rotatable bonds is 3. The molecule has 1 aliphatic heterocycles. The number of aliphatic imine (C=N–C) groups is 1. The fourth-order valence-electron chi connectivity index (χ4n) is 2.43. The molecule has 0 bridgehead atoms. The molecule has 0 aromatic heterocycles. The predicted octanol–water partition coefficient (Wildman–Crippen LogP) is 1.03. The second kappa shape index (κ2) is 7.44. The number of methoxy groups -OCH3 is 1. The van der Waals surface area contributed by atoms with E-state index < -0.39 is 0 Å². The third-order valence-corrected chi connectivity index (χ3v) is 3.58. The molecule has 2 rings (SSSR count). The number of anilines is 1. The highest BCUT2D eigenvalue weighted by Gasteiger charge is 2.19. The van der Waals surface area contributed by atoms with E-state index in [0.29, 0.717) is 6.54 Å². The van der Waals surface area contributed by atoms with Gasteiger partial charge in [-0.15, -0.1) is 6.42 Å². The second-order valence-corrected chi connectivity index (χ2v) is 4.78. The number of hydrogen-bond donors (Lipinski definition) is 1. The van der Waals surface area contributed by atoms with Crippen LogP contribution < -0.4 is 15.0 Å². The molecule has 0 saturated carbocycles. The summed E-state index contributed by atoms with van der Waals surface area (Å²) >= 11 is 0. The molecule has 1 fully saturated rings. The van der Waals surface area contributed by atoms with Gasteiger partial charge in [0.2, 0.25) is 0 Å². The highest BCUT2D eigenvalue weighted by Crippen LogP contribution is 2.20. The lowest BCUT2D eigenvalue weighted by atomic mass is 10.2. The van der Waals surface area contributed by atoms with Crippen LogP contribution in [0.5, 0.6) is 5.75 Å². The molecule has 5 heteroatoms. The fourth-order valence-corrected chi connectivity index (χ4v) is 2.43. The molecule has 5 nitrogen and oxygen atoms in total. The van der Waals surface area contributed by atoms with Crippen molar-refractivity contribution in [2.24, 2.45) is 4.99 Å². The Labute approximate surface area is 126 Å². The van der Waals surface area contributed by atoms with Crippen molar-refractivity contribution in [3.05, 3.63) is 24.3 Å². The standard InChI is InChI=1S/C16H22N4O/c1-4-9-18-16(17-2)20-12-10-19(11-13-20)14-5-7-15(21-3)8-6-14/h1,5-8H,9-13H2,2-3H3,(H,17,18). The Bertz CT molecular complexity index is 510. The molecule has 21 heavy (non-hydrogen) atoms. The van der Waals surface area contributed by atoms with Crippen LogP contribution in [0.25, 0.3) is 0 Å². The first-order valence-electron chi connectivity index (χ1n) is 7.06. The molecular weight excluding hydrogens is 264 g/mol. The van der Waals surface area contributed by atoms with Crippen LogP contribution >= 0.6 is 0 Å². The Hall–Kier alpha value is -2.35. The van der Waals surface area contributed by atoms with E-state index in [1.165, 1.54) is 5.69 Å². The van der Waals surface area contributed by atoms with Gasteiger partial charge >= 0.3 is 0 Å².